The molecule has 1 aliphatic heterocycles. The summed E-state index contributed by atoms with van der Waals surface area (Å²) in [7, 11) is 2.03. The lowest BCUT2D eigenvalue weighted by atomic mass is 9.88. The number of rotatable bonds is 2. The highest BCUT2D eigenvalue weighted by molar-refractivity contribution is 6.10. The lowest BCUT2D eigenvalue weighted by Crippen LogP contribution is -2.42. The molecule has 0 fully saturated rings. The van der Waals surface area contributed by atoms with Crippen LogP contribution in [-0.2, 0) is 0 Å². The van der Waals surface area contributed by atoms with Crippen LogP contribution in [-0.4, -0.2) is 18.4 Å². The zero-order chi connectivity index (χ0) is 19.3. The van der Waals surface area contributed by atoms with Gasteiger partial charge in [0, 0.05) is 35.3 Å². The average Bonchev–Trinajstić information content (AvgIpc) is 2.64. The van der Waals surface area contributed by atoms with E-state index >= 15 is 0 Å². The number of nitrogens with zero attached hydrogens (tertiary/aromatic N) is 1. The van der Waals surface area contributed by atoms with Crippen LogP contribution in [0.3, 0.4) is 0 Å². The molecule has 1 aromatic heterocycles. The van der Waals surface area contributed by atoms with Crippen molar-refractivity contribution in [2.24, 2.45) is 0 Å². The Balaban J connectivity index is 1.91. The number of likely N-dealkylation sites (N-methyl/N-ethyl adjacent to an activating group) is 1. The van der Waals surface area contributed by atoms with Gasteiger partial charge >= 0.3 is 5.63 Å². The minimum Gasteiger partial charge on any atom is -0.422 e. The maximum Gasteiger partial charge on any atom is 0.347 e. The summed E-state index contributed by atoms with van der Waals surface area (Å²) >= 11 is 0. The molecule has 0 radical (unpaired) electrons. The molecule has 4 nitrogen and oxygen atoms in total. The maximum absolute atomic E-state index is 12.7. The van der Waals surface area contributed by atoms with Crippen molar-refractivity contribution in [2.75, 3.05) is 11.9 Å². The number of anilines is 1. The molecule has 0 spiro atoms. The Kier molecular flexibility index (Phi) is 3.81. The normalized spacial score (nSPS) is 15.4. The van der Waals surface area contributed by atoms with Crippen LogP contribution in [0.4, 0.5) is 5.69 Å². The van der Waals surface area contributed by atoms with Crippen molar-refractivity contribution >= 4 is 28.0 Å². The van der Waals surface area contributed by atoms with Crippen molar-refractivity contribution in [2.45, 2.75) is 26.3 Å². The second kappa shape index (κ2) is 5.95. The largest absolute Gasteiger partial charge is 0.422 e. The molecule has 0 unspecified atom stereocenters. The Hall–Kier alpha value is -3.14. The molecule has 0 amide bonds. The standard InChI is InChI=1S/C23H21NO3/c1-14-13-23(2,3)24(4)19-12-20-16(10-17(14)19)11-18(22(26)27-20)21(25)15-8-6-5-7-9-15/h5-13H,1-4H3. The summed E-state index contributed by atoms with van der Waals surface area (Å²) in [4.78, 5) is 27.4. The van der Waals surface area contributed by atoms with Gasteiger partial charge in [-0.05, 0) is 38.5 Å². The van der Waals surface area contributed by atoms with E-state index in [1.807, 2.05) is 25.2 Å². The van der Waals surface area contributed by atoms with Crippen LogP contribution in [0.25, 0.3) is 16.5 Å². The van der Waals surface area contributed by atoms with E-state index in [2.05, 4.69) is 31.7 Å². The maximum atomic E-state index is 12.7. The molecular formula is C23H21NO3. The predicted molar refractivity (Wildman–Crippen MR) is 108 cm³/mol. The lowest BCUT2D eigenvalue weighted by Gasteiger charge is -2.40. The van der Waals surface area contributed by atoms with E-state index in [1.54, 1.807) is 30.3 Å². The smallest absolute Gasteiger partial charge is 0.347 e. The van der Waals surface area contributed by atoms with Gasteiger partial charge in [0.05, 0.1) is 5.54 Å². The van der Waals surface area contributed by atoms with E-state index in [4.69, 9.17) is 4.42 Å². The van der Waals surface area contributed by atoms with Gasteiger partial charge in [-0.1, -0.05) is 36.4 Å². The summed E-state index contributed by atoms with van der Waals surface area (Å²) in [5.74, 6) is -0.325. The fourth-order valence-corrected chi connectivity index (χ4v) is 3.67. The summed E-state index contributed by atoms with van der Waals surface area (Å²) in [6.07, 6.45) is 2.22. The molecule has 4 rings (SSSR count). The number of carbonyl (C=O) groups excluding carboxylic acids is 1. The molecule has 2 heterocycles. The Morgan fingerprint density at radius 1 is 1.07 bits per heavy atom. The zero-order valence-corrected chi connectivity index (χ0v) is 15.9. The topological polar surface area (TPSA) is 50.5 Å². The second-order valence-electron chi connectivity index (χ2n) is 7.59. The van der Waals surface area contributed by atoms with Gasteiger partial charge in [-0.25, -0.2) is 4.79 Å². The highest BCUT2D eigenvalue weighted by Crippen LogP contribution is 2.39. The van der Waals surface area contributed by atoms with Crippen LogP contribution in [0.5, 0.6) is 0 Å². The first kappa shape index (κ1) is 17.3. The van der Waals surface area contributed by atoms with Crippen LogP contribution in [0.15, 0.2) is 63.8 Å². The summed E-state index contributed by atoms with van der Waals surface area (Å²) < 4.78 is 5.53. The van der Waals surface area contributed by atoms with Crippen molar-refractivity contribution in [3.05, 3.63) is 81.7 Å². The molecule has 27 heavy (non-hydrogen) atoms. The molecule has 136 valence electrons. The zero-order valence-electron chi connectivity index (χ0n) is 15.9. The van der Waals surface area contributed by atoms with Gasteiger partial charge < -0.3 is 9.32 Å². The van der Waals surface area contributed by atoms with E-state index in [0.717, 1.165) is 22.2 Å². The number of fused-ring (bicyclic) bond motifs is 2. The van der Waals surface area contributed by atoms with Gasteiger partial charge in [0.1, 0.15) is 11.1 Å². The van der Waals surface area contributed by atoms with Gasteiger partial charge in [0.2, 0.25) is 0 Å². The van der Waals surface area contributed by atoms with E-state index in [1.165, 1.54) is 0 Å². The molecule has 3 aromatic rings. The molecule has 0 N–H and O–H groups in total. The van der Waals surface area contributed by atoms with Crippen molar-refractivity contribution in [3.8, 4) is 0 Å². The molecule has 0 atom stereocenters. The minimum absolute atomic E-state index is 0.0553. The number of hydrogen-bond acceptors (Lipinski definition) is 4. The summed E-state index contributed by atoms with van der Waals surface area (Å²) in [6.45, 7) is 6.36. The lowest BCUT2D eigenvalue weighted by molar-refractivity contribution is 0.103. The highest BCUT2D eigenvalue weighted by Gasteiger charge is 2.29. The van der Waals surface area contributed by atoms with Crippen LogP contribution in [0, 0.1) is 0 Å². The van der Waals surface area contributed by atoms with Crippen molar-refractivity contribution < 1.29 is 9.21 Å². The van der Waals surface area contributed by atoms with Gasteiger partial charge in [0.25, 0.3) is 0 Å². The molecule has 0 aliphatic carbocycles. The third-order valence-electron chi connectivity index (χ3n) is 5.35. The third-order valence-corrected chi connectivity index (χ3v) is 5.35. The molecule has 4 heteroatoms. The minimum atomic E-state index is -0.610. The number of hydrogen-bond donors (Lipinski definition) is 0. The van der Waals surface area contributed by atoms with Crippen molar-refractivity contribution in [3.63, 3.8) is 0 Å². The van der Waals surface area contributed by atoms with Crippen LogP contribution in [0.2, 0.25) is 0 Å². The number of carbonyl (C=O) groups is 1. The van der Waals surface area contributed by atoms with E-state index in [0.29, 0.717) is 11.1 Å². The van der Waals surface area contributed by atoms with Gasteiger partial charge in [-0.15, -0.1) is 0 Å². The predicted octanol–water partition coefficient (Wildman–Crippen LogP) is 4.66. The molecule has 0 bridgehead atoms. The molecule has 0 saturated carbocycles. The summed E-state index contributed by atoms with van der Waals surface area (Å²) in [5, 5.41) is 0.744. The average molecular weight is 359 g/mol. The first-order chi connectivity index (χ1) is 12.8. The number of benzene rings is 2. The Morgan fingerprint density at radius 3 is 2.48 bits per heavy atom. The van der Waals surface area contributed by atoms with Crippen LogP contribution >= 0.6 is 0 Å². The fraction of sp³-hybridized carbons (Fsp3) is 0.217. The summed E-state index contributed by atoms with van der Waals surface area (Å²) in [5.41, 5.74) is 3.53. The third kappa shape index (κ3) is 2.78. The Morgan fingerprint density at radius 2 is 1.78 bits per heavy atom. The Labute approximate surface area is 157 Å². The number of ketones is 1. The fourth-order valence-electron chi connectivity index (χ4n) is 3.67. The van der Waals surface area contributed by atoms with Gasteiger partial charge in [-0.3, -0.25) is 4.79 Å². The van der Waals surface area contributed by atoms with Gasteiger partial charge in [-0.2, -0.15) is 0 Å². The first-order valence-electron chi connectivity index (χ1n) is 8.93. The van der Waals surface area contributed by atoms with Crippen molar-refractivity contribution in [1.29, 1.82) is 0 Å². The SMILES string of the molecule is CC1=CC(C)(C)N(C)c2cc3oc(=O)c(C(=O)c4ccccc4)cc3cc21. The van der Waals surface area contributed by atoms with E-state index < -0.39 is 5.63 Å². The monoisotopic (exact) mass is 359 g/mol. The van der Waals surface area contributed by atoms with E-state index in [-0.39, 0.29) is 16.9 Å². The quantitative estimate of drug-likeness (QED) is 0.493. The first-order valence-corrected chi connectivity index (χ1v) is 8.93. The molecule has 1 aliphatic rings. The molecule has 2 aromatic carbocycles. The Bertz CT molecular complexity index is 1150. The van der Waals surface area contributed by atoms with Gasteiger partial charge in [0.15, 0.2) is 5.78 Å². The molecule has 0 saturated heterocycles. The second-order valence-corrected chi connectivity index (χ2v) is 7.59. The van der Waals surface area contributed by atoms with Crippen LogP contribution < -0.4 is 10.5 Å². The summed E-state index contributed by atoms with van der Waals surface area (Å²) in [6, 6.07) is 14.3. The van der Waals surface area contributed by atoms with Crippen molar-refractivity contribution in [1.82, 2.24) is 0 Å². The molecular weight excluding hydrogens is 338 g/mol. The van der Waals surface area contributed by atoms with Crippen LogP contribution in [0.1, 0.15) is 42.3 Å². The number of allylic oxidation sites excluding steroid dienone is 1. The van der Waals surface area contributed by atoms with E-state index in [9.17, 15) is 9.59 Å². The highest BCUT2D eigenvalue weighted by atomic mass is 16.4.